The maximum atomic E-state index is 14.2. The number of imidazole rings is 1. The van der Waals surface area contributed by atoms with Crippen LogP contribution in [0.4, 0.5) is 5.82 Å². The van der Waals surface area contributed by atoms with Gasteiger partial charge in [0.25, 0.3) is 0 Å². The quantitative estimate of drug-likeness (QED) is 0.0874. The number of esters is 1. The van der Waals surface area contributed by atoms with E-state index < -0.39 is 19.8 Å². The van der Waals surface area contributed by atoms with Gasteiger partial charge in [-0.1, -0.05) is 56.7 Å². The minimum atomic E-state index is -4.07. The highest BCUT2D eigenvalue weighted by molar-refractivity contribution is 7.52. The highest BCUT2D eigenvalue weighted by atomic mass is 31.2. The molecule has 0 aliphatic carbocycles. The number of nitrogens with zero attached hydrogens (tertiary/aromatic N) is 3. The van der Waals surface area contributed by atoms with Crippen LogP contribution in [0.25, 0.3) is 21.9 Å². The molecule has 2 aromatic heterocycles. The number of hydrogen-bond donors (Lipinski definition) is 2. The van der Waals surface area contributed by atoms with Crippen LogP contribution in [-0.2, 0) is 30.0 Å². The van der Waals surface area contributed by atoms with E-state index in [0.29, 0.717) is 35.9 Å². The maximum Gasteiger partial charge on any atom is 0.459 e. The average Bonchev–Trinajstić information content (AvgIpc) is 3.37. The van der Waals surface area contributed by atoms with E-state index in [4.69, 9.17) is 29.2 Å². The van der Waals surface area contributed by atoms with Crippen LogP contribution < -0.4 is 15.3 Å². The second-order valence-electron chi connectivity index (χ2n) is 9.88. The molecular formula is C30H40N5O6P. The second kappa shape index (κ2) is 14.6. The Morgan fingerprint density at radius 3 is 2.52 bits per heavy atom. The molecule has 4 aromatic rings. The van der Waals surface area contributed by atoms with Crippen LogP contribution in [0.3, 0.4) is 0 Å². The minimum absolute atomic E-state index is 0.0215. The van der Waals surface area contributed by atoms with Gasteiger partial charge in [-0.25, -0.2) is 14.5 Å². The van der Waals surface area contributed by atoms with Crippen LogP contribution in [0.2, 0.25) is 0 Å². The third-order valence-corrected chi connectivity index (χ3v) is 8.40. The zero-order valence-electron chi connectivity index (χ0n) is 24.6. The predicted molar refractivity (Wildman–Crippen MR) is 163 cm³/mol. The van der Waals surface area contributed by atoms with E-state index in [0.717, 1.165) is 29.3 Å². The molecule has 0 radical (unpaired) electrons. The molecule has 0 spiro atoms. The number of anilines is 1. The molecule has 0 aliphatic rings. The van der Waals surface area contributed by atoms with Gasteiger partial charge < -0.3 is 24.3 Å². The van der Waals surface area contributed by atoms with Crippen molar-refractivity contribution < 1.29 is 27.9 Å². The molecule has 0 unspecified atom stereocenters. The number of ether oxygens (including phenoxy) is 2. The zero-order valence-corrected chi connectivity index (χ0v) is 25.5. The Morgan fingerprint density at radius 2 is 1.81 bits per heavy atom. The number of hydrogen-bond acceptors (Lipinski definition) is 9. The highest BCUT2D eigenvalue weighted by Crippen LogP contribution is 2.46. The molecule has 0 saturated heterocycles. The molecule has 0 amide bonds. The van der Waals surface area contributed by atoms with E-state index in [9.17, 15) is 9.36 Å². The molecule has 2 heterocycles. The summed E-state index contributed by atoms with van der Waals surface area (Å²) >= 11 is 0. The summed E-state index contributed by atoms with van der Waals surface area (Å²) in [6.07, 6.45) is 2.22. The standard InChI is InChI=1S/C30H40N5O6P/c1-5-8-18-39-30(36)21(4)34-42(37,41-23-14-10-9-11-15-23)40-19-22(6-2)35-26(20-38-7-3)33-27-28(35)24-16-12-13-17-25(24)32-29(27)31/h9-17,21-22H,5-8,18-20H2,1-4H3,(H2,31,32)(H,34,37)/t21-,22-,42-/m0/s1. The summed E-state index contributed by atoms with van der Waals surface area (Å²) in [6, 6.07) is 15.1. The number of fused-ring (bicyclic) bond motifs is 3. The van der Waals surface area contributed by atoms with Gasteiger partial charge in [-0.2, -0.15) is 5.09 Å². The minimum Gasteiger partial charge on any atom is -0.465 e. The normalized spacial score (nSPS) is 14.5. The fraction of sp³-hybridized carbons (Fsp3) is 0.433. The van der Waals surface area contributed by atoms with Crippen molar-refractivity contribution in [2.75, 3.05) is 25.6 Å². The number of nitrogens with one attached hydrogen (secondary N) is 1. The van der Waals surface area contributed by atoms with E-state index in [2.05, 4.69) is 10.1 Å². The number of rotatable bonds is 16. The van der Waals surface area contributed by atoms with Crippen molar-refractivity contribution in [1.29, 1.82) is 0 Å². The summed E-state index contributed by atoms with van der Waals surface area (Å²) in [6.45, 7) is 8.50. The molecule has 0 bridgehead atoms. The first-order valence-electron chi connectivity index (χ1n) is 14.4. The molecule has 0 fully saturated rings. The Kier molecular flexibility index (Phi) is 10.9. The molecule has 11 nitrogen and oxygen atoms in total. The van der Waals surface area contributed by atoms with Crippen LogP contribution in [-0.4, -0.2) is 46.4 Å². The Bertz CT molecular complexity index is 1530. The first-order chi connectivity index (χ1) is 20.3. The number of carbonyl (C=O) groups is 1. The Hall–Kier alpha value is -3.50. The summed E-state index contributed by atoms with van der Waals surface area (Å²) in [5.41, 5.74) is 8.44. The molecule has 42 heavy (non-hydrogen) atoms. The van der Waals surface area contributed by atoms with Crippen molar-refractivity contribution >= 4 is 41.5 Å². The van der Waals surface area contributed by atoms with Crippen molar-refractivity contribution in [3.63, 3.8) is 0 Å². The van der Waals surface area contributed by atoms with Gasteiger partial charge in [0.05, 0.1) is 30.3 Å². The highest BCUT2D eigenvalue weighted by Gasteiger charge is 2.34. The SMILES string of the molecule is CCCCOC(=O)[C@H](C)N[P@](=O)(OC[C@H](CC)n1c(COCC)nc2c(N)nc3ccccc3c21)Oc1ccccc1. The number of nitrogen functional groups attached to an aromatic ring is 1. The monoisotopic (exact) mass is 597 g/mol. The first kappa shape index (κ1) is 31.4. The summed E-state index contributed by atoms with van der Waals surface area (Å²) in [5.74, 6) is 0.755. The van der Waals surface area contributed by atoms with E-state index >= 15 is 0 Å². The number of para-hydroxylation sites is 2. The van der Waals surface area contributed by atoms with Crippen molar-refractivity contribution in [1.82, 2.24) is 19.6 Å². The van der Waals surface area contributed by atoms with E-state index in [1.165, 1.54) is 0 Å². The molecular weight excluding hydrogens is 557 g/mol. The van der Waals surface area contributed by atoms with Crippen LogP contribution in [0.1, 0.15) is 58.8 Å². The number of pyridine rings is 1. The zero-order chi connectivity index (χ0) is 30.1. The van der Waals surface area contributed by atoms with Crippen LogP contribution >= 0.6 is 7.75 Å². The summed E-state index contributed by atoms with van der Waals surface area (Å²) in [5, 5.41) is 3.65. The topological polar surface area (TPSA) is 140 Å². The van der Waals surface area contributed by atoms with Crippen molar-refractivity contribution in [2.45, 2.75) is 65.6 Å². The third-order valence-electron chi connectivity index (χ3n) is 6.75. The Balaban J connectivity index is 1.68. The lowest BCUT2D eigenvalue weighted by Crippen LogP contribution is -2.35. The van der Waals surface area contributed by atoms with Gasteiger partial charge in [0.1, 0.15) is 29.7 Å². The van der Waals surface area contributed by atoms with E-state index in [1.54, 1.807) is 31.2 Å². The smallest absolute Gasteiger partial charge is 0.459 e. The second-order valence-corrected chi connectivity index (χ2v) is 11.6. The lowest BCUT2D eigenvalue weighted by atomic mass is 10.1. The third kappa shape index (κ3) is 7.46. The van der Waals surface area contributed by atoms with Crippen molar-refractivity contribution in [3.05, 3.63) is 60.4 Å². The van der Waals surface area contributed by atoms with Crippen LogP contribution in [0.5, 0.6) is 5.75 Å². The van der Waals surface area contributed by atoms with Gasteiger partial charge in [-0.15, -0.1) is 0 Å². The number of unbranched alkanes of at least 4 members (excludes halogenated alkanes) is 1. The fourth-order valence-electron chi connectivity index (χ4n) is 4.56. The molecule has 3 N–H and O–H groups in total. The summed E-state index contributed by atoms with van der Waals surface area (Å²) < 4.78 is 39.2. The summed E-state index contributed by atoms with van der Waals surface area (Å²) in [4.78, 5) is 22.0. The van der Waals surface area contributed by atoms with Gasteiger partial charge in [0, 0.05) is 12.0 Å². The lowest BCUT2D eigenvalue weighted by Gasteiger charge is -2.26. The summed E-state index contributed by atoms with van der Waals surface area (Å²) in [7, 11) is -4.07. The van der Waals surface area contributed by atoms with Gasteiger partial charge in [-0.05, 0) is 44.9 Å². The number of nitrogens with two attached hydrogens (primary N) is 1. The maximum absolute atomic E-state index is 14.2. The van der Waals surface area contributed by atoms with Crippen LogP contribution in [0.15, 0.2) is 54.6 Å². The average molecular weight is 598 g/mol. The first-order valence-corrected chi connectivity index (χ1v) is 15.9. The molecule has 12 heteroatoms. The number of benzene rings is 2. The fourth-order valence-corrected chi connectivity index (χ4v) is 6.09. The largest absolute Gasteiger partial charge is 0.465 e. The molecule has 4 rings (SSSR count). The predicted octanol–water partition coefficient (Wildman–Crippen LogP) is 6.18. The molecule has 0 aliphatic heterocycles. The molecule has 3 atom stereocenters. The number of carbonyl (C=O) groups excluding carboxylic acids is 1. The van der Waals surface area contributed by atoms with Gasteiger partial charge in [0.2, 0.25) is 0 Å². The van der Waals surface area contributed by atoms with Gasteiger partial charge in [-0.3, -0.25) is 9.32 Å². The van der Waals surface area contributed by atoms with E-state index in [-0.39, 0.29) is 25.9 Å². The Labute approximate surface area is 246 Å². The molecule has 2 aromatic carbocycles. The van der Waals surface area contributed by atoms with Gasteiger partial charge >= 0.3 is 13.7 Å². The molecule has 0 saturated carbocycles. The van der Waals surface area contributed by atoms with Crippen molar-refractivity contribution in [2.24, 2.45) is 0 Å². The Morgan fingerprint density at radius 1 is 1.07 bits per heavy atom. The van der Waals surface area contributed by atoms with E-state index in [1.807, 2.05) is 55.7 Å². The van der Waals surface area contributed by atoms with Crippen LogP contribution in [0, 0.1) is 0 Å². The molecule has 226 valence electrons. The van der Waals surface area contributed by atoms with Gasteiger partial charge in [0.15, 0.2) is 5.82 Å². The lowest BCUT2D eigenvalue weighted by molar-refractivity contribution is -0.145. The number of aromatic nitrogens is 3. The van der Waals surface area contributed by atoms with Crippen molar-refractivity contribution in [3.8, 4) is 5.75 Å².